The van der Waals surface area contributed by atoms with E-state index in [0.717, 1.165) is 12.1 Å². The summed E-state index contributed by atoms with van der Waals surface area (Å²) >= 11 is 0. The fraction of sp³-hybridized carbons (Fsp3) is 0.562. The van der Waals surface area contributed by atoms with Gasteiger partial charge in [0.2, 0.25) is 5.91 Å². The van der Waals surface area contributed by atoms with Crippen LogP contribution in [-0.2, 0) is 16.0 Å². The molecule has 0 radical (unpaired) electrons. The maximum absolute atomic E-state index is 11.8. The Hall–Kier alpha value is -1.91. The van der Waals surface area contributed by atoms with Gasteiger partial charge in [-0.05, 0) is 36.8 Å². The van der Waals surface area contributed by atoms with Crippen LogP contribution in [0.4, 0.5) is 0 Å². The maximum Gasteiger partial charge on any atom is 0.303 e. The number of nitrogens with zero attached hydrogens (tertiary/aromatic N) is 1. The van der Waals surface area contributed by atoms with Crippen molar-refractivity contribution in [1.29, 1.82) is 0 Å². The van der Waals surface area contributed by atoms with Gasteiger partial charge in [0, 0.05) is 31.3 Å². The number of nitrogens with one attached hydrogen (secondary N) is 1. The number of aryl methyl sites for hydroxylation is 1. The van der Waals surface area contributed by atoms with Crippen LogP contribution in [0.15, 0.2) is 24.4 Å². The van der Waals surface area contributed by atoms with Gasteiger partial charge in [0.15, 0.2) is 0 Å². The van der Waals surface area contributed by atoms with Crippen LogP contribution in [0.1, 0.15) is 38.8 Å². The molecule has 116 valence electrons. The smallest absolute Gasteiger partial charge is 0.303 e. The van der Waals surface area contributed by atoms with Gasteiger partial charge in [-0.2, -0.15) is 0 Å². The van der Waals surface area contributed by atoms with Crippen molar-refractivity contribution in [2.24, 2.45) is 11.8 Å². The Balaban J connectivity index is 2.33. The van der Waals surface area contributed by atoms with E-state index in [-0.39, 0.29) is 18.2 Å². The first-order valence-electron chi connectivity index (χ1n) is 7.35. The SMILES string of the molecule is CC(C)CC(CNC(=O)CCc1ccccn1)CC(=O)O. The molecule has 1 unspecified atom stereocenters. The molecular weight excluding hydrogens is 268 g/mol. The summed E-state index contributed by atoms with van der Waals surface area (Å²) in [6.45, 7) is 4.53. The zero-order chi connectivity index (χ0) is 15.7. The Morgan fingerprint density at radius 2 is 2.10 bits per heavy atom. The van der Waals surface area contributed by atoms with Crippen molar-refractivity contribution in [1.82, 2.24) is 10.3 Å². The van der Waals surface area contributed by atoms with Gasteiger partial charge >= 0.3 is 5.97 Å². The normalized spacial score (nSPS) is 12.1. The predicted octanol–water partition coefficient (Wildman–Crippen LogP) is 2.27. The van der Waals surface area contributed by atoms with Crippen molar-refractivity contribution >= 4 is 11.9 Å². The summed E-state index contributed by atoms with van der Waals surface area (Å²) in [5.74, 6) is -0.468. The highest BCUT2D eigenvalue weighted by molar-refractivity contribution is 5.76. The molecule has 0 spiro atoms. The molecule has 1 rings (SSSR count). The molecule has 5 heteroatoms. The van der Waals surface area contributed by atoms with Crippen LogP contribution in [0.25, 0.3) is 0 Å². The van der Waals surface area contributed by atoms with E-state index in [1.165, 1.54) is 0 Å². The highest BCUT2D eigenvalue weighted by Gasteiger charge is 2.16. The molecule has 2 N–H and O–H groups in total. The lowest BCUT2D eigenvalue weighted by Gasteiger charge is -2.17. The van der Waals surface area contributed by atoms with E-state index < -0.39 is 5.97 Å². The lowest BCUT2D eigenvalue weighted by atomic mass is 9.94. The average molecular weight is 292 g/mol. The molecule has 5 nitrogen and oxygen atoms in total. The molecule has 0 aliphatic carbocycles. The van der Waals surface area contributed by atoms with E-state index in [1.54, 1.807) is 6.20 Å². The summed E-state index contributed by atoms with van der Waals surface area (Å²) in [7, 11) is 0. The van der Waals surface area contributed by atoms with Crippen molar-refractivity contribution in [2.45, 2.75) is 39.5 Å². The van der Waals surface area contributed by atoms with E-state index in [4.69, 9.17) is 5.11 Å². The Labute approximate surface area is 125 Å². The number of carboxylic acids is 1. The van der Waals surface area contributed by atoms with Gasteiger partial charge in [-0.25, -0.2) is 0 Å². The lowest BCUT2D eigenvalue weighted by molar-refractivity contribution is -0.138. The molecule has 0 aliphatic rings. The highest BCUT2D eigenvalue weighted by atomic mass is 16.4. The summed E-state index contributed by atoms with van der Waals surface area (Å²) in [5, 5.41) is 11.7. The molecule has 0 fully saturated rings. The van der Waals surface area contributed by atoms with Crippen molar-refractivity contribution in [3.05, 3.63) is 30.1 Å². The van der Waals surface area contributed by atoms with E-state index in [2.05, 4.69) is 24.1 Å². The molecule has 0 aromatic carbocycles. The van der Waals surface area contributed by atoms with E-state index >= 15 is 0 Å². The highest BCUT2D eigenvalue weighted by Crippen LogP contribution is 2.14. The van der Waals surface area contributed by atoms with Crippen LogP contribution < -0.4 is 5.32 Å². The Kier molecular flexibility index (Phi) is 7.43. The zero-order valence-electron chi connectivity index (χ0n) is 12.7. The number of amides is 1. The quantitative estimate of drug-likeness (QED) is 0.731. The summed E-state index contributed by atoms with van der Waals surface area (Å²) in [6.07, 6.45) is 3.57. The molecule has 1 aromatic heterocycles. The molecule has 0 saturated heterocycles. The third-order valence-electron chi connectivity index (χ3n) is 3.19. The molecule has 1 aromatic rings. The number of carbonyl (C=O) groups excluding carboxylic acids is 1. The second-order valence-corrected chi connectivity index (χ2v) is 5.72. The number of aliphatic carboxylic acids is 1. The first kappa shape index (κ1) is 17.1. The maximum atomic E-state index is 11.8. The first-order valence-corrected chi connectivity index (χ1v) is 7.35. The summed E-state index contributed by atoms with van der Waals surface area (Å²) in [4.78, 5) is 26.8. The standard InChI is InChI=1S/C16H24N2O3/c1-12(2)9-13(10-16(20)21)11-18-15(19)7-6-14-5-3-4-8-17-14/h3-5,8,12-13H,6-7,9-11H2,1-2H3,(H,18,19)(H,20,21). The lowest BCUT2D eigenvalue weighted by Crippen LogP contribution is -2.31. The van der Waals surface area contributed by atoms with Crippen LogP contribution >= 0.6 is 0 Å². The number of carbonyl (C=O) groups is 2. The molecule has 21 heavy (non-hydrogen) atoms. The summed E-state index contributed by atoms with van der Waals surface area (Å²) < 4.78 is 0. The fourth-order valence-corrected chi connectivity index (χ4v) is 2.29. The molecule has 0 saturated carbocycles. The number of hydrogen-bond donors (Lipinski definition) is 2. The van der Waals surface area contributed by atoms with E-state index in [0.29, 0.717) is 25.3 Å². The summed E-state index contributed by atoms with van der Waals surface area (Å²) in [5.41, 5.74) is 0.886. The van der Waals surface area contributed by atoms with Gasteiger partial charge < -0.3 is 10.4 Å². The van der Waals surface area contributed by atoms with Crippen LogP contribution in [0, 0.1) is 11.8 Å². The molecule has 1 amide bonds. The van der Waals surface area contributed by atoms with Gasteiger partial charge in [0.25, 0.3) is 0 Å². The first-order chi connectivity index (χ1) is 9.97. The number of aromatic nitrogens is 1. The van der Waals surface area contributed by atoms with Gasteiger partial charge in [-0.1, -0.05) is 19.9 Å². The Morgan fingerprint density at radius 1 is 1.33 bits per heavy atom. The Bertz CT molecular complexity index is 446. The molecule has 0 bridgehead atoms. The second kappa shape index (κ2) is 9.10. The van der Waals surface area contributed by atoms with Crippen LogP contribution in [0.3, 0.4) is 0 Å². The molecule has 1 heterocycles. The van der Waals surface area contributed by atoms with E-state index in [1.807, 2.05) is 18.2 Å². The third-order valence-corrected chi connectivity index (χ3v) is 3.19. The zero-order valence-corrected chi connectivity index (χ0v) is 12.7. The average Bonchev–Trinajstić information content (AvgIpc) is 2.42. The monoisotopic (exact) mass is 292 g/mol. The molecular formula is C16H24N2O3. The van der Waals surface area contributed by atoms with Crippen LogP contribution in [0.2, 0.25) is 0 Å². The largest absolute Gasteiger partial charge is 0.481 e. The third kappa shape index (κ3) is 8.07. The molecule has 1 atom stereocenters. The molecule has 0 aliphatic heterocycles. The van der Waals surface area contributed by atoms with Crippen molar-refractivity contribution in [3.8, 4) is 0 Å². The van der Waals surface area contributed by atoms with Crippen molar-refractivity contribution < 1.29 is 14.7 Å². The Morgan fingerprint density at radius 3 is 2.67 bits per heavy atom. The minimum absolute atomic E-state index is 0.0127. The van der Waals surface area contributed by atoms with Gasteiger partial charge in [-0.15, -0.1) is 0 Å². The number of hydrogen-bond acceptors (Lipinski definition) is 3. The van der Waals surface area contributed by atoms with Gasteiger partial charge in [0.1, 0.15) is 0 Å². The van der Waals surface area contributed by atoms with E-state index in [9.17, 15) is 9.59 Å². The van der Waals surface area contributed by atoms with Crippen LogP contribution in [-0.4, -0.2) is 28.5 Å². The van der Waals surface area contributed by atoms with Gasteiger partial charge in [0.05, 0.1) is 0 Å². The number of rotatable bonds is 9. The number of carboxylic acid groups (broad SMARTS) is 1. The summed E-state index contributed by atoms with van der Waals surface area (Å²) in [6, 6.07) is 5.62. The number of pyridine rings is 1. The predicted molar refractivity (Wildman–Crippen MR) is 80.8 cm³/mol. The minimum Gasteiger partial charge on any atom is -0.481 e. The van der Waals surface area contributed by atoms with Gasteiger partial charge in [-0.3, -0.25) is 14.6 Å². The van der Waals surface area contributed by atoms with Crippen LogP contribution in [0.5, 0.6) is 0 Å². The van der Waals surface area contributed by atoms with Crippen molar-refractivity contribution in [3.63, 3.8) is 0 Å². The fourth-order valence-electron chi connectivity index (χ4n) is 2.29. The second-order valence-electron chi connectivity index (χ2n) is 5.72. The topological polar surface area (TPSA) is 79.3 Å². The minimum atomic E-state index is -0.816. The van der Waals surface area contributed by atoms with Crippen molar-refractivity contribution in [2.75, 3.05) is 6.54 Å².